The van der Waals surface area contributed by atoms with Gasteiger partial charge in [-0.05, 0) is 0 Å². The van der Waals surface area contributed by atoms with Gasteiger partial charge in [-0.1, -0.05) is 0 Å². The van der Waals surface area contributed by atoms with E-state index in [9.17, 15) is 0 Å². The van der Waals surface area contributed by atoms with E-state index < -0.39 is 0 Å². The van der Waals surface area contributed by atoms with E-state index in [2.05, 4.69) is 89.5 Å². The molecular weight excluding hydrogens is 653 g/mol. The molecule has 2 unspecified atom stereocenters. The Morgan fingerprint density at radius 2 is 2.38 bits per heavy atom. The average Bonchev–Trinajstić information content (AvgIpc) is 2.77. The van der Waals surface area contributed by atoms with Crippen LogP contribution in [0.2, 0.25) is 0 Å². The monoisotopic (exact) mass is 679 g/mol. The van der Waals surface area contributed by atoms with E-state index in [1.807, 2.05) is 0 Å². The molecule has 1 aliphatic carbocycles. The number of allylic oxidation sites excluding steroid dienone is 10. The topological polar surface area (TPSA) is 0 Å². The summed E-state index contributed by atoms with van der Waals surface area (Å²) in [5.41, 5.74) is 4.39. The van der Waals surface area contributed by atoms with Crippen LogP contribution in [0, 0.1) is 5.92 Å². The Balaban J connectivity index is 2.12. The molecule has 0 aromatic carbocycles. The van der Waals surface area contributed by atoms with Crippen LogP contribution in [0.1, 0.15) is 39.5 Å². The van der Waals surface area contributed by atoms with Gasteiger partial charge in [0.25, 0.3) is 0 Å². The van der Waals surface area contributed by atoms with Crippen molar-refractivity contribution in [2.45, 2.75) is 44.8 Å². The fourth-order valence-electron chi connectivity index (χ4n) is 2.63. The second kappa shape index (κ2) is 11.7. The van der Waals surface area contributed by atoms with Gasteiger partial charge in [-0.2, -0.15) is 0 Å². The van der Waals surface area contributed by atoms with Crippen molar-refractivity contribution in [3.63, 3.8) is 0 Å². The molecule has 0 amide bonds. The van der Waals surface area contributed by atoms with Crippen molar-refractivity contribution in [1.82, 2.24) is 0 Å². The molecule has 0 spiro atoms. The number of rotatable bonds is 7. The maximum absolute atomic E-state index is 4.68. The molecule has 0 aromatic heterocycles. The Morgan fingerprint density at radius 3 is 3.12 bits per heavy atom. The van der Waals surface area contributed by atoms with Gasteiger partial charge >= 0.3 is 185 Å². The second-order valence-electron chi connectivity index (χ2n) is 6.19. The molecule has 0 radical (unpaired) electrons. The Bertz CT molecular complexity index is 608. The van der Waals surface area contributed by atoms with E-state index in [0.29, 0.717) is 39.2 Å². The van der Waals surface area contributed by atoms with Crippen LogP contribution in [-0.4, -0.2) is 13.7 Å². The molecule has 4 heteroatoms. The third-order valence-electron chi connectivity index (χ3n) is 4.02. The molecule has 2 aliphatic rings. The Morgan fingerprint density at radius 1 is 1.54 bits per heavy atom. The van der Waals surface area contributed by atoms with E-state index in [1.165, 1.54) is 36.0 Å². The first-order valence-corrected chi connectivity index (χ1v) is 19.1. The molecule has 134 valence electrons. The van der Waals surface area contributed by atoms with Crippen molar-refractivity contribution in [3.05, 3.63) is 56.8 Å². The predicted molar refractivity (Wildman–Crippen MR) is 127 cm³/mol. The molecule has 2 rings (SSSR count). The molecule has 0 nitrogen and oxygen atoms in total. The Kier molecular flexibility index (Phi) is 10.5. The van der Waals surface area contributed by atoms with Gasteiger partial charge in [-0.15, -0.1) is 0 Å². The van der Waals surface area contributed by atoms with Gasteiger partial charge in [0.2, 0.25) is 0 Å². The van der Waals surface area contributed by atoms with Gasteiger partial charge in [0.05, 0.1) is 0 Å². The predicted octanol–water partition coefficient (Wildman–Crippen LogP) is 3.96. The van der Waals surface area contributed by atoms with Crippen LogP contribution in [0.15, 0.2) is 56.8 Å². The fourth-order valence-corrected chi connectivity index (χ4v) is 12.4. The van der Waals surface area contributed by atoms with Crippen molar-refractivity contribution in [3.8, 4) is 0 Å². The van der Waals surface area contributed by atoms with Crippen molar-refractivity contribution in [2.75, 3.05) is 4.43 Å². The average molecular weight is 679 g/mol. The zero-order chi connectivity index (χ0) is 17.4. The molecule has 1 aliphatic heterocycles. The van der Waals surface area contributed by atoms with Crippen LogP contribution >= 0.6 is 52.0 Å². The van der Waals surface area contributed by atoms with Gasteiger partial charge in [0.15, 0.2) is 0 Å². The van der Waals surface area contributed by atoms with Crippen LogP contribution in [0.4, 0.5) is 0 Å². The number of thiol groups is 1. The minimum absolute atomic E-state index is 0.291. The summed E-state index contributed by atoms with van der Waals surface area (Å²) < 4.78 is 5.34. The summed E-state index contributed by atoms with van der Waals surface area (Å²) in [6.45, 7) is 4.58. The Labute approximate surface area is 183 Å². The summed E-state index contributed by atoms with van der Waals surface area (Å²) in [6.07, 6.45) is 19.0. The molecule has 2 atom stereocenters. The van der Waals surface area contributed by atoms with Gasteiger partial charge in [-0.25, -0.2) is 0 Å². The molecule has 0 bridgehead atoms. The summed E-state index contributed by atoms with van der Waals surface area (Å²) in [7, 11) is 0. The van der Waals surface area contributed by atoms with Crippen LogP contribution < -0.4 is 17.2 Å². The van der Waals surface area contributed by atoms with Crippen LogP contribution in [0.3, 0.4) is 0 Å². The molecule has 0 saturated carbocycles. The molecule has 0 saturated heterocycles. The summed E-state index contributed by atoms with van der Waals surface area (Å²) in [6, 6.07) is 0. The van der Waals surface area contributed by atoms with E-state index in [4.69, 9.17) is 0 Å². The van der Waals surface area contributed by atoms with E-state index in [1.54, 1.807) is 3.58 Å². The summed E-state index contributed by atoms with van der Waals surface area (Å²) in [5.74, 6) is 0.728. The standard InChI is InChI=1S/C20H26I3S/c1-3-4-18(24)9-7-16(14-21)6-8-17-11-12-22-23-20-13-15(2)5-10-19(17)20/h5-8,10-12,15,18,24H,3-4,9,13-14H2,1-2H3/q-1/b8-6-,16-7+. The SMILES string of the molecule is CCCC(S)C/C=C(\C=C/C1=CC=I[I-]C2=C1C=CC(C)C2)CI. The van der Waals surface area contributed by atoms with Crippen LogP contribution in [0.5, 0.6) is 0 Å². The number of alkyl halides is 1. The first-order chi connectivity index (χ1) is 11.6. The molecule has 1 heterocycles. The number of hydrogen-bond acceptors (Lipinski definition) is 1. The van der Waals surface area contributed by atoms with Crippen molar-refractivity contribution >= 4 is 56.0 Å². The first-order valence-electron chi connectivity index (χ1n) is 8.48. The molecule has 24 heavy (non-hydrogen) atoms. The maximum atomic E-state index is 4.68. The zero-order valence-corrected chi connectivity index (χ0v) is 21.7. The molecular formula is C20H26I3S-. The zero-order valence-electron chi connectivity index (χ0n) is 14.3. The number of hydrogen-bond donors (Lipinski definition) is 1. The quantitative estimate of drug-likeness (QED) is 0.179. The van der Waals surface area contributed by atoms with E-state index in [0.717, 1.165) is 16.8 Å². The van der Waals surface area contributed by atoms with Gasteiger partial charge in [0, 0.05) is 0 Å². The summed E-state index contributed by atoms with van der Waals surface area (Å²) >= 11 is 7.74. The molecule has 0 N–H and O–H groups in total. The normalized spacial score (nSPS) is 23.2. The van der Waals surface area contributed by atoms with E-state index in [-0.39, 0.29) is 0 Å². The minimum atomic E-state index is 0.291. The van der Waals surface area contributed by atoms with Crippen molar-refractivity contribution in [2.24, 2.45) is 5.92 Å². The third-order valence-corrected chi connectivity index (χ3v) is 14.5. The van der Waals surface area contributed by atoms with Gasteiger partial charge in [-0.3, -0.25) is 0 Å². The third kappa shape index (κ3) is 7.02. The van der Waals surface area contributed by atoms with Gasteiger partial charge in [0.1, 0.15) is 0 Å². The van der Waals surface area contributed by atoms with Gasteiger partial charge < -0.3 is 0 Å². The van der Waals surface area contributed by atoms with E-state index >= 15 is 0 Å². The summed E-state index contributed by atoms with van der Waals surface area (Å²) in [4.78, 5) is 0. The van der Waals surface area contributed by atoms with Crippen molar-refractivity contribution in [1.29, 1.82) is 0 Å². The Hall–Kier alpha value is 1.11. The van der Waals surface area contributed by atoms with Crippen LogP contribution in [-0.2, 0) is 0 Å². The number of halogens is 3. The fraction of sp³-hybridized carbons (Fsp3) is 0.450. The van der Waals surface area contributed by atoms with Crippen LogP contribution in [0.25, 0.3) is 0 Å². The molecule has 0 fully saturated rings. The molecule has 0 aromatic rings. The summed E-state index contributed by atoms with van der Waals surface area (Å²) in [5, 5.41) is 0.498. The first kappa shape index (κ1) is 21.4. The van der Waals surface area contributed by atoms with Crippen molar-refractivity contribution < 1.29 is 17.2 Å². The second-order valence-corrected chi connectivity index (χ2v) is 16.5.